The maximum atomic E-state index is 8.28. The van der Waals surface area contributed by atoms with Crippen LogP contribution in [0.4, 0.5) is 5.69 Å². The van der Waals surface area contributed by atoms with Crippen molar-refractivity contribution in [2.75, 3.05) is 17.2 Å². The van der Waals surface area contributed by atoms with E-state index in [1.54, 1.807) is 0 Å². The van der Waals surface area contributed by atoms with E-state index in [-0.39, 0.29) is 0 Å². The fourth-order valence-electron chi connectivity index (χ4n) is 5.19. The minimum atomic E-state index is 0.757. The Hall–Kier alpha value is -3.33. The first-order chi connectivity index (χ1) is 20.7. The average Bonchev–Trinajstić information content (AvgIpc) is 3.37. The summed E-state index contributed by atoms with van der Waals surface area (Å²) in [5.41, 5.74) is 7.55. The molecule has 5 nitrogen and oxygen atoms in total. The van der Waals surface area contributed by atoms with E-state index in [0.717, 1.165) is 50.1 Å². The van der Waals surface area contributed by atoms with Crippen molar-refractivity contribution in [3.8, 4) is 0 Å². The van der Waals surface area contributed by atoms with E-state index in [4.69, 9.17) is 5.26 Å². The molecule has 216 valence electrons. The van der Waals surface area contributed by atoms with Gasteiger partial charge < -0.3 is 4.90 Å². The number of anilines is 1. The zero-order chi connectivity index (χ0) is 29.1. The van der Waals surface area contributed by atoms with Gasteiger partial charge in [-0.1, -0.05) is 83.6 Å². The summed E-state index contributed by atoms with van der Waals surface area (Å²) >= 11 is 2.96. The molecule has 7 heteroatoms. The number of pyridine rings is 1. The standard InChI is InChI=1S/C35H36N2O3S2/c1-3-37-33-25-27(2)15-19-34(33)42-35(37)20-17-29(26-28-11-5-4-6-12-28)16-18-30-21-23-36(22-9-10-24-41-40-39-38)32-14-8-7-13-31(30)32/h4-8,11-21,23,25H,3,9-10,22,24,26H2,1-2H3/p+1. The smallest absolute Gasteiger partial charge is 0.213 e. The number of hydrogen-bond donors (Lipinski definition) is 1. The summed E-state index contributed by atoms with van der Waals surface area (Å²) in [6, 6.07) is 28.2. The van der Waals surface area contributed by atoms with Crippen molar-refractivity contribution >= 4 is 46.5 Å². The van der Waals surface area contributed by atoms with Crippen LogP contribution in [0.5, 0.6) is 0 Å². The van der Waals surface area contributed by atoms with E-state index in [0.29, 0.717) is 0 Å². The predicted molar refractivity (Wildman–Crippen MR) is 176 cm³/mol. The van der Waals surface area contributed by atoms with E-state index < -0.39 is 0 Å². The minimum Gasteiger partial charge on any atom is -0.335 e. The highest BCUT2D eigenvalue weighted by Gasteiger charge is 2.23. The average molecular weight is 598 g/mol. The lowest BCUT2D eigenvalue weighted by molar-refractivity contribution is -0.671. The summed E-state index contributed by atoms with van der Waals surface area (Å²) in [7, 11) is 0. The number of nitrogens with zero attached hydrogens (tertiary/aromatic N) is 2. The molecule has 0 fully saturated rings. The highest BCUT2D eigenvalue weighted by atomic mass is 32.2. The van der Waals surface area contributed by atoms with Gasteiger partial charge in [-0.25, -0.2) is 5.26 Å². The number of aryl methyl sites for hydroxylation is 2. The molecule has 0 bridgehead atoms. The molecule has 0 spiro atoms. The topological polar surface area (TPSA) is 45.8 Å². The number of unbranched alkanes of at least 4 members (excludes halogenated alkanes) is 1. The number of para-hydroxylation sites is 1. The summed E-state index contributed by atoms with van der Waals surface area (Å²) < 4.78 is 6.79. The predicted octanol–water partition coefficient (Wildman–Crippen LogP) is 8.94. The summed E-state index contributed by atoms with van der Waals surface area (Å²) in [5, 5.41) is 14.4. The van der Waals surface area contributed by atoms with E-state index >= 15 is 0 Å². The van der Waals surface area contributed by atoms with Gasteiger partial charge in [-0.15, -0.1) is 4.33 Å². The van der Waals surface area contributed by atoms with Crippen molar-refractivity contribution in [1.82, 2.24) is 0 Å². The number of rotatable bonds is 13. The number of allylic oxidation sites excluding steroid dienone is 4. The van der Waals surface area contributed by atoms with Crippen LogP contribution in [0.3, 0.4) is 0 Å². The molecular formula is C35H37N2O3S2+. The molecule has 0 aliphatic carbocycles. The fourth-order valence-corrected chi connectivity index (χ4v) is 6.73. The van der Waals surface area contributed by atoms with Gasteiger partial charge in [-0.2, -0.15) is 4.57 Å². The van der Waals surface area contributed by atoms with Gasteiger partial charge in [0.2, 0.25) is 5.52 Å². The second-order valence-corrected chi connectivity index (χ2v) is 12.1. The molecule has 0 atom stereocenters. The molecule has 0 saturated heterocycles. The van der Waals surface area contributed by atoms with Crippen molar-refractivity contribution in [2.45, 2.75) is 44.6 Å². The summed E-state index contributed by atoms with van der Waals surface area (Å²) in [4.78, 5) is 3.72. The van der Waals surface area contributed by atoms with Crippen LogP contribution in [-0.2, 0) is 22.3 Å². The van der Waals surface area contributed by atoms with E-state index in [2.05, 4.69) is 142 Å². The second kappa shape index (κ2) is 15.2. The lowest BCUT2D eigenvalue weighted by atomic mass is 10.0. The maximum absolute atomic E-state index is 8.28. The molecular weight excluding hydrogens is 561 g/mol. The third-order valence-corrected chi connectivity index (χ3v) is 9.03. The molecule has 1 aromatic heterocycles. The molecule has 4 aromatic rings. The number of fused-ring (bicyclic) bond motifs is 2. The maximum Gasteiger partial charge on any atom is 0.213 e. The minimum absolute atomic E-state index is 0.757. The van der Waals surface area contributed by atoms with Crippen molar-refractivity contribution in [3.63, 3.8) is 0 Å². The molecule has 1 aliphatic heterocycles. The van der Waals surface area contributed by atoms with Gasteiger partial charge in [0.25, 0.3) is 0 Å². The van der Waals surface area contributed by atoms with Gasteiger partial charge >= 0.3 is 0 Å². The fraction of sp³-hybridized carbons (Fsp3) is 0.229. The van der Waals surface area contributed by atoms with Gasteiger partial charge in [-0.05, 0) is 73.2 Å². The van der Waals surface area contributed by atoms with Crippen molar-refractivity contribution in [1.29, 1.82) is 0 Å². The Bertz CT molecular complexity index is 1580. The van der Waals surface area contributed by atoms with Crippen molar-refractivity contribution < 1.29 is 19.2 Å². The number of hydrogen-bond acceptors (Lipinski definition) is 6. The molecule has 3 aromatic carbocycles. The summed E-state index contributed by atoms with van der Waals surface area (Å²) in [6.07, 6.45) is 14.1. The lowest BCUT2D eigenvalue weighted by Crippen LogP contribution is -2.34. The Kier molecular flexibility index (Phi) is 10.9. The highest BCUT2D eigenvalue weighted by Crippen LogP contribution is 2.46. The van der Waals surface area contributed by atoms with Crippen LogP contribution in [-0.4, -0.2) is 17.6 Å². The Labute approximate surface area is 257 Å². The Balaban J connectivity index is 1.40. The first-order valence-electron chi connectivity index (χ1n) is 14.4. The van der Waals surface area contributed by atoms with Crippen LogP contribution in [0.1, 0.15) is 36.5 Å². The Morgan fingerprint density at radius 1 is 1.02 bits per heavy atom. The molecule has 1 N–H and O–H groups in total. The molecule has 0 unspecified atom stereocenters. The van der Waals surface area contributed by atoms with Gasteiger partial charge in [-0.3, -0.25) is 0 Å². The first-order valence-corrected chi connectivity index (χ1v) is 16.1. The van der Waals surface area contributed by atoms with Crippen LogP contribution < -0.4 is 9.47 Å². The van der Waals surface area contributed by atoms with Gasteiger partial charge in [0, 0.05) is 47.8 Å². The molecule has 0 radical (unpaired) electrons. The molecule has 42 heavy (non-hydrogen) atoms. The number of aromatic nitrogens is 1. The van der Waals surface area contributed by atoms with Gasteiger partial charge in [0.1, 0.15) is 6.54 Å². The van der Waals surface area contributed by atoms with Crippen LogP contribution in [0.2, 0.25) is 0 Å². The van der Waals surface area contributed by atoms with Gasteiger partial charge in [0.15, 0.2) is 6.20 Å². The molecule has 5 rings (SSSR count). The second-order valence-electron chi connectivity index (χ2n) is 10.2. The quantitative estimate of drug-likeness (QED) is 0.0415. The van der Waals surface area contributed by atoms with Crippen LogP contribution in [0.25, 0.3) is 17.0 Å². The summed E-state index contributed by atoms with van der Waals surface area (Å²) in [5.74, 6) is 0.757. The Morgan fingerprint density at radius 2 is 1.86 bits per heavy atom. The van der Waals surface area contributed by atoms with Crippen LogP contribution in [0, 0.1) is 6.92 Å². The third-order valence-electron chi connectivity index (χ3n) is 7.28. The SMILES string of the molecule is CCN1C(=CC=C(C=Cc2cc[n+](CCCCSOOO)c3ccccc23)Cc2ccccc2)Sc2ccc(C)cc21. The Morgan fingerprint density at radius 3 is 2.69 bits per heavy atom. The van der Waals surface area contributed by atoms with Crippen LogP contribution >= 0.6 is 23.8 Å². The van der Waals surface area contributed by atoms with E-state index in [1.807, 2.05) is 11.8 Å². The summed E-state index contributed by atoms with van der Waals surface area (Å²) in [6.45, 7) is 6.22. The van der Waals surface area contributed by atoms with Crippen molar-refractivity contribution in [3.05, 3.63) is 131 Å². The molecule has 0 saturated carbocycles. The monoisotopic (exact) mass is 597 g/mol. The lowest BCUT2D eigenvalue weighted by Gasteiger charge is -2.18. The zero-order valence-corrected chi connectivity index (χ0v) is 25.7. The molecule has 0 amide bonds. The van der Waals surface area contributed by atoms with Crippen molar-refractivity contribution in [2.24, 2.45) is 0 Å². The van der Waals surface area contributed by atoms with Crippen LogP contribution in [0.15, 0.2) is 119 Å². The number of benzene rings is 3. The number of thioether (sulfide) groups is 1. The van der Waals surface area contributed by atoms with Gasteiger partial charge in [0.05, 0.1) is 16.1 Å². The normalized spacial score (nSPS) is 14.4. The van der Waals surface area contributed by atoms with E-state index in [1.165, 1.54) is 48.8 Å². The third kappa shape index (κ3) is 7.73. The largest absolute Gasteiger partial charge is 0.335 e. The molecule has 2 heterocycles. The zero-order valence-electron chi connectivity index (χ0n) is 24.1. The van der Waals surface area contributed by atoms with E-state index in [9.17, 15) is 0 Å². The first kappa shape index (κ1) is 30.1. The highest BCUT2D eigenvalue weighted by molar-refractivity contribution is 8.03. The molecule has 1 aliphatic rings.